The molecular formula is C14H12BrNO. The molecule has 0 fully saturated rings. The molecule has 0 saturated heterocycles. The topological polar surface area (TPSA) is 22.1 Å². The minimum atomic E-state index is 0.136. The van der Waals surface area contributed by atoms with Crippen molar-refractivity contribution < 1.29 is 4.74 Å². The van der Waals surface area contributed by atoms with Crippen LogP contribution in [0.1, 0.15) is 23.7 Å². The first-order valence-electron chi connectivity index (χ1n) is 5.69. The molecule has 2 heterocycles. The van der Waals surface area contributed by atoms with E-state index in [4.69, 9.17) is 4.74 Å². The van der Waals surface area contributed by atoms with Crippen molar-refractivity contribution in [3.8, 4) is 5.88 Å². The maximum atomic E-state index is 5.94. The number of benzene rings is 1. The fourth-order valence-corrected chi connectivity index (χ4v) is 2.52. The van der Waals surface area contributed by atoms with Crippen molar-refractivity contribution in [3.05, 3.63) is 58.2 Å². The molecule has 17 heavy (non-hydrogen) atoms. The summed E-state index contributed by atoms with van der Waals surface area (Å²) in [5.41, 5.74) is 2.41. The molecule has 0 spiro atoms. The van der Waals surface area contributed by atoms with Crippen molar-refractivity contribution in [1.82, 2.24) is 4.98 Å². The Hall–Kier alpha value is -1.35. The number of ether oxygens (including phenoxy) is 1. The van der Waals surface area contributed by atoms with Gasteiger partial charge in [-0.25, -0.2) is 4.98 Å². The lowest BCUT2D eigenvalue weighted by molar-refractivity contribution is 0.168. The first-order valence-corrected chi connectivity index (χ1v) is 6.48. The number of aryl methyl sites for hydroxylation is 1. The van der Waals surface area contributed by atoms with Crippen LogP contribution in [-0.2, 0) is 6.42 Å². The first kappa shape index (κ1) is 10.8. The zero-order chi connectivity index (χ0) is 11.7. The Morgan fingerprint density at radius 2 is 2.06 bits per heavy atom. The minimum Gasteiger partial charge on any atom is -0.469 e. The first-order chi connectivity index (χ1) is 8.33. The second-order valence-electron chi connectivity index (χ2n) is 4.17. The molecule has 0 unspecified atom stereocenters. The molecule has 1 atom stereocenters. The summed E-state index contributed by atoms with van der Waals surface area (Å²) < 4.78 is 6.95. The number of rotatable bonds is 1. The monoisotopic (exact) mass is 289 g/mol. The van der Waals surface area contributed by atoms with E-state index >= 15 is 0 Å². The van der Waals surface area contributed by atoms with Crippen LogP contribution >= 0.6 is 15.9 Å². The zero-order valence-corrected chi connectivity index (χ0v) is 10.9. The quantitative estimate of drug-likeness (QED) is 0.794. The standard InChI is InChI=1S/C14H12BrNO/c15-12-8-11-6-7-13(17-14(11)16-9-12)10-4-2-1-3-5-10/h1-5,8-9,13H,6-7H2/t13-/m0/s1. The Kier molecular flexibility index (Phi) is 2.85. The fraction of sp³-hybridized carbons (Fsp3) is 0.214. The van der Waals surface area contributed by atoms with Crippen LogP contribution in [0.25, 0.3) is 0 Å². The molecule has 1 aliphatic heterocycles. The number of hydrogen-bond donors (Lipinski definition) is 0. The lowest BCUT2D eigenvalue weighted by Gasteiger charge is -2.25. The normalized spacial score (nSPS) is 18.3. The Labute approximate surface area is 109 Å². The highest BCUT2D eigenvalue weighted by atomic mass is 79.9. The van der Waals surface area contributed by atoms with E-state index in [2.05, 4.69) is 39.1 Å². The van der Waals surface area contributed by atoms with Gasteiger partial charge in [-0.15, -0.1) is 0 Å². The van der Waals surface area contributed by atoms with Crippen LogP contribution in [0, 0.1) is 0 Å². The van der Waals surface area contributed by atoms with Gasteiger partial charge in [0.05, 0.1) is 0 Å². The Balaban J connectivity index is 1.88. The highest BCUT2D eigenvalue weighted by Crippen LogP contribution is 2.34. The average molecular weight is 290 g/mol. The minimum absolute atomic E-state index is 0.136. The van der Waals surface area contributed by atoms with E-state index in [1.165, 1.54) is 11.1 Å². The van der Waals surface area contributed by atoms with Gasteiger partial charge in [0.2, 0.25) is 5.88 Å². The molecule has 2 aromatic rings. The van der Waals surface area contributed by atoms with E-state index in [1.807, 2.05) is 18.2 Å². The summed E-state index contributed by atoms with van der Waals surface area (Å²) in [6.45, 7) is 0. The van der Waals surface area contributed by atoms with Gasteiger partial charge in [-0.1, -0.05) is 30.3 Å². The second kappa shape index (κ2) is 4.49. The molecule has 0 radical (unpaired) electrons. The van der Waals surface area contributed by atoms with Gasteiger partial charge in [0.1, 0.15) is 6.10 Å². The van der Waals surface area contributed by atoms with E-state index in [9.17, 15) is 0 Å². The molecule has 0 aliphatic carbocycles. The molecule has 1 aromatic carbocycles. The summed E-state index contributed by atoms with van der Waals surface area (Å²) in [5.74, 6) is 0.772. The van der Waals surface area contributed by atoms with Gasteiger partial charge in [0.25, 0.3) is 0 Å². The lowest BCUT2D eigenvalue weighted by atomic mass is 9.99. The highest BCUT2D eigenvalue weighted by molar-refractivity contribution is 9.10. The van der Waals surface area contributed by atoms with Crippen LogP contribution < -0.4 is 4.74 Å². The molecule has 0 saturated carbocycles. The average Bonchev–Trinajstić information content (AvgIpc) is 2.39. The van der Waals surface area contributed by atoms with E-state index in [-0.39, 0.29) is 6.10 Å². The van der Waals surface area contributed by atoms with Crippen molar-refractivity contribution >= 4 is 15.9 Å². The van der Waals surface area contributed by atoms with E-state index in [0.717, 1.165) is 23.2 Å². The number of nitrogens with zero attached hydrogens (tertiary/aromatic N) is 1. The van der Waals surface area contributed by atoms with Crippen LogP contribution in [0.2, 0.25) is 0 Å². The smallest absolute Gasteiger partial charge is 0.217 e. The Morgan fingerprint density at radius 3 is 2.88 bits per heavy atom. The van der Waals surface area contributed by atoms with Crippen LogP contribution in [0.15, 0.2) is 47.1 Å². The van der Waals surface area contributed by atoms with Gasteiger partial charge in [-0.05, 0) is 40.4 Å². The summed E-state index contributed by atoms with van der Waals surface area (Å²) in [4.78, 5) is 4.33. The number of fused-ring (bicyclic) bond motifs is 1. The highest BCUT2D eigenvalue weighted by Gasteiger charge is 2.22. The Bertz CT molecular complexity index is 527. The van der Waals surface area contributed by atoms with Gasteiger partial charge >= 0.3 is 0 Å². The maximum Gasteiger partial charge on any atom is 0.217 e. The largest absolute Gasteiger partial charge is 0.469 e. The summed E-state index contributed by atoms with van der Waals surface area (Å²) in [5, 5.41) is 0. The summed E-state index contributed by atoms with van der Waals surface area (Å²) >= 11 is 3.43. The maximum absolute atomic E-state index is 5.94. The van der Waals surface area contributed by atoms with Crippen molar-refractivity contribution in [2.24, 2.45) is 0 Å². The van der Waals surface area contributed by atoms with E-state index in [0.29, 0.717) is 0 Å². The third kappa shape index (κ3) is 2.20. The third-order valence-electron chi connectivity index (χ3n) is 2.99. The van der Waals surface area contributed by atoms with Crippen LogP contribution in [-0.4, -0.2) is 4.98 Å². The van der Waals surface area contributed by atoms with E-state index in [1.54, 1.807) is 6.20 Å². The lowest BCUT2D eigenvalue weighted by Crippen LogP contribution is -2.16. The third-order valence-corrected chi connectivity index (χ3v) is 3.43. The zero-order valence-electron chi connectivity index (χ0n) is 9.27. The van der Waals surface area contributed by atoms with Crippen molar-refractivity contribution in [2.45, 2.75) is 18.9 Å². The molecule has 0 amide bonds. The summed E-state index contributed by atoms with van der Waals surface area (Å²) in [6.07, 6.45) is 3.94. The predicted octanol–water partition coefficient (Wildman–Crippen LogP) is 3.91. The fourth-order valence-electron chi connectivity index (χ4n) is 2.14. The molecule has 2 nitrogen and oxygen atoms in total. The number of pyridine rings is 1. The molecular weight excluding hydrogens is 278 g/mol. The summed E-state index contributed by atoms with van der Waals surface area (Å²) in [7, 11) is 0. The van der Waals surface area contributed by atoms with Gasteiger partial charge in [-0.3, -0.25) is 0 Å². The van der Waals surface area contributed by atoms with Crippen LogP contribution in [0.5, 0.6) is 5.88 Å². The van der Waals surface area contributed by atoms with Crippen LogP contribution in [0.3, 0.4) is 0 Å². The number of aromatic nitrogens is 1. The molecule has 3 heteroatoms. The molecule has 1 aromatic heterocycles. The summed E-state index contributed by atoms with van der Waals surface area (Å²) in [6, 6.07) is 12.4. The molecule has 0 bridgehead atoms. The van der Waals surface area contributed by atoms with Crippen molar-refractivity contribution in [2.75, 3.05) is 0 Å². The number of hydrogen-bond acceptors (Lipinski definition) is 2. The molecule has 3 rings (SSSR count). The van der Waals surface area contributed by atoms with Gasteiger partial charge in [-0.2, -0.15) is 0 Å². The molecule has 1 aliphatic rings. The van der Waals surface area contributed by atoms with Crippen molar-refractivity contribution in [3.63, 3.8) is 0 Å². The predicted molar refractivity (Wildman–Crippen MR) is 70.1 cm³/mol. The Morgan fingerprint density at radius 1 is 1.24 bits per heavy atom. The van der Waals surface area contributed by atoms with Crippen molar-refractivity contribution in [1.29, 1.82) is 0 Å². The van der Waals surface area contributed by atoms with Gasteiger partial charge < -0.3 is 4.74 Å². The van der Waals surface area contributed by atoms with E-state index < -0.39 is 0 Å². The number of halogens is 1. The molecule has 0 N–H and O–H groups in total. The van der Waals surface area contributed by atoms with Crippen LogP contribution in [0.4, 0.5) is 0 Å². The van der Waals surface area contributed by atoms with Gasteiger partial charge in [0, 0.05) is 16.2 Å². The second-order valence-corrected chi connectivity index (χ2v) is 5.09. The van der Waals surface area contributed by atoms with Gasteiger partial charge in [0.15, 0.2) is 0 Å². The SMILES string of the molecule is Brc1cnc2c(c1)CC[C@@H](c1ccccc1)O2. The molecule has 86 valence electrons.